The van der Waals surface area contributed by atoms with E-state index in [0.717, 1.165) is 31.2 Å². The number of nitrogens with zero attached hydrogens (tertiary/aromatic N) is 2. The number of ether oxygens (including phenoxy) is 1. The van der Waals surface area contributed by atoms with Crippen molar-refractivity contribution in [3.8, 4) is 0 Å². The van der Waals surface area contributed by atoms with Crippen LogP contribution in [0, 0.1) is 0 Å². The van der Waals surface area contributed by atoms with Crippen molar-refractivity contribution in [2.24, 2.45) is 0 Å². The maximum Gasteiger partial charge on any atom is 0.320 e. The SMILES string of the molecule is O=C(CN1C2CCC1CC(O)(c1cccnc1)C2)OC1CCCCC1. The third-order valence-corrected chi connectivity index (χ3v) is 6.28. The number of aromatic nitrogens is 1. The number of fused-ring (bicyclic) bond motifs is 2. The molecule has 0 spiro atoms. The van der Waals surface area contributed by atoms with E-state index in [4.69, 9.17) is 4.74 Å². The van der Waals surface area contributed by atoms with Crippen LogP contribution in [-0.4, -0.2) is 45.7 Å². The van der Waals surface area contributed by atoms with Crippen LogP contribution in [0.2, 0.25) is 0 Å². The Morgan fingerprint density at radius 2 is 1.92 bits per heavy atom. The van der Waals surface area contributed by atoms with Crippen molar-refractivity contribution in [3.05, 3.63) is 30.1 Å². The van der Waals surface area contributed by atoms with Gasteiger partial charge in [-0.3, -0.25) is 14.7 Å². The zero-order valence-electron chi connectivity index (χ0n) is 14.8. The lowest BCUT2D eigenvalue weighted by atomic mass is 9.81. The van der Waals surface area contributed by atoms with Crippen LogP contribution in [0.3, 0.4) is 0 Å². The van der Waals surface area contributed by atoms with Gasteiger partial charge in [-0.25, -0.2) is 0 Å². The molecule has 1 aromatic heterocycles. The molecule has 3 aliphatic rings. The molecule has 0 radical (unpaired) electrons. The third kappa shape index (κ3) is 3.58. The molecule has 2 aliphatic heterocycles. The molecular weight excluding hydrogens is 316 g/mol. The number of aliphatic hydroxyl groups is 1. The summed E-state index contributed by atoms with van der Waals surface area (Å²) in [6.45, 7) is 0.370. The van der Waals surface area contributed by atoms with Gasteiger partial charge < -0.3 is 9.84 Å². The maximum absolute atomic E-state index is 12.4. The third-order valence-electron chi connectivity index (χ3n) is 6.28. The average Bonchev–Trinajstić information content (AvgIpc) is 2.87. The fourth-order valence-corrected chi connectivity index (χ4v) is 5.00. The van der Waals surface area contributed by atoms with Crippen molar-refractivity contribution in [2.75, 3.05) is 6.54 Å². The van der Waals surface area contributed by atoms with Gasteiger partial charge >= 0.3 is 5.97 Å². The molecule has 5 nitrogen and oxygen atoms in total. The van der Waals surface area contributed by atoms with E-state index in [1.54, 1.807) is 12.4 Å². The highest BCUT2D eigenvalue weighted by atomic mass is 16.5. The standard InChI is InChI=1S/C20H28N2O3/c23-19(25-18-6-2-1-3-7-18)14-22-16-8-9-17(22)12-20(24,11-16)15-5-4-10-21-13-15/h4-5,10,13,16-18,24H,1-3,6-9,11-12,14H2. The summed E-state index contributed by atoms with van der Waals surface area (Å²) in [7, 11) is 0. The van der Waals surface area contributed by atoms with Gasteiger partial charge in [0.25, 0.3) is 0 Å². The van der Waals surface area contributed by atoms with Gasteiger partial charge in [0.1, 0.15) is 6.10 Å². The molecule has 3 fully saturated rings. The minimum Gasteiger partial charge on any atom is -0.461 e. The Morgan fingerprint density at radius 1 is 1.20 bits per heavy atom. The molecule has 1 aliphatic carbocycles. The number of pyridine rings is 1. The molecule has 3 heterocycles. The number of rotatable bonds is 4. The van der Waals surface area contributed by atoms with Crippen LogP contribution >= 0.6 is 0 Å². The number of carbonyl (C=O) groups is 1. The first-order chi connectivity index (χ1) is 12.1. The predicted molar refractivity (Wildman–Crippen MR) is 93.8 cm³/mol. The Morgan fingerprint density at radius 3 is 2.56 bits per heavy atom. The van der Waals surface area contributed by atoms with Gasteiger partial charge in [0.15, 0.2) is 0 Å². The van der Waals surface area contributed by atoms with Gasteiger partial charge in [0.2, 0.25) is 0 Å². The van der Waals surface area contributed by atoms with Crippen LogP contribution in [0.15, 0.2) is 24.5 Å². The van der Waals surface area contributed by atoms with Crippen molar-refractivity contribution < 1.29 is 14.6 Å². The Kier molecular flexibility index (Phi) is 4.78. The van der Waals surface area contributed by atoms with E-state index in [1.165, 1.54) is 19.3 Å². The predicted octanol–water partition coefficient (Wildman–Crippen LogP) is 2.77. The Balaban J connectivity index is 1.38. The topological polar surface area (TPSA) is 62.7 Å². The first-order valence-corrected chi connectivity index (χ1v) is 9.72. The van der Waals surface area contributed by atoms with E-state index in [0.29, 0.717) is 19.4 Å². The van der Waals surface area contributed by atoms with Gasteiger partial charge in [-0.15, -0.1) is 0 Å². The maximum atomic E-state index is 12.4. The molecule has 2 bridgehead atoms. The average molecular weight is 344 g/mol. The van der Waals surface area contributed by atoms with Gasteiger partial charge in [-0.05, 0) is 57.4 Å². The lowest BCUT2D eigenvalue weighted by Crippen LogP contribution is -2.51. The number of hydrogen-bond donors (Lipinski definition) is 1. The molecule has 5 heteroatoms. The highest BCUT2D eigenvalue weighted by molar-refractivity contribution is 5.72. The minimum absolute atomic E-state index is 0.0874. The van der Waals surface area contributed by atoms with Crippen LogP contribution in [-0.2, 0) is 15.1 Å². The van der Waals surface area contributed by atoms with Crippen molar-refractivity contribution in [3.63, 3.8) is 0 Å². The van der Waals surface area contributed by atoms with Gasteiger partial charge in [-0.1, -0.05) is 12.5 Å². The Bertz CT molecular complexity index is 586. The van der Waals surface area contributed by atoms with Gasteiger partial charge in [0.05, 0.1) is 12.1 Å². The fourth-order valence-electron chi connectivity index (χ4n) is 5.00. The van der Waals surface area contributed by atoms with Crippen LogP contribution in [0.25, 0.3) is 0 Å². The first kappa shape index (κ1) is 17.0. The van der Waals surface area contributed by atoms with Crippen molar-refractivity contribution in [1.29, 1.82) is 0 Å². The van der Waals surface area contributed by atoms with Crippen molar-refractivity contribution in [1.82, 2.24) is 9.88 Å². The highest BCUT2D eigenvalue weighted by Crippen LogP contribution is 2.45. The second kappa shape index (κ2) is 7.04. The van der Waals surface area contributed by atoms with E-state index in [1.807, 2.05) is 12.1 Å². The van der Waals surface area contributed by atoms with E-state index < -0.39 is 5.60 Å². The molecule has 1 aromatic rings. The summed E-state index contributed by atoms with van der Waals surface area (Å²) in [5, 5.41) is 11.2. The van der Waals surface area contributed by atoms with Crippen LogP contribution in [0.4, 0.5) is 0 Å². The van der Waals surface area contributed by atoms with Crippen LogP contribution in [0.1, 0.15) is 63.4 Å². The molecule has 1 N–H and O–H groups in total. The molecular formula is C20H28N2O3. The second-order valence-corrected chi connectivity index (χ2v) is 7.99. The number of carbonyl (C=O) groups excluding carboxylic acids is 1. The molecule has 25 heavy (non-hydrogen) atoms. The van der Waals surface area contributed by atoms with Crippen LogP contribution in [0.5, 0.6) is 0 Å². The van der Waals surface area contributed by atoms with Gasteiger partial charge in [0, 0.05) is 30.0 Å². The summed E-state index contributed by atoms with van der Waals surface area (Å²) in [5.74, 6) is -0.0874. The molecule has 136 valence electrons. The molecule has 2 saturated heterocycles. The highest BCUT2D eigenvalue weighted by Gasteiger charge is 2.48. The zero-order valence-corrected chi connectivity index (χ0v) is 14.8. The molecule has 2 unspecified atom stereocenters. The minimum atomic E-state index is -0.816. The largest absolute Gasteiger partial charge is 0.461 e. The van der Waals surface area contributed by atoms with Crippen molar-refractivity contribution in [2.45, 2.75) is 81.6 Å². The summed E-state index contributed by atoms with van der Waals surface area (Å²) >= 11 is 0. The summed E-state index contributed by atoms with van der Waals surface area (Å²) < 4.78 is 5.70. The van der Waals surface area contributed by atoms with Gasteiger partial charge in [-0.2, -0.15) is 0 Å². The van der Waals surface area contributed by atoms with Crippen molar-refractivity contribution >= 4 is 5.97 Å². The van der Waals surface area contributed by atoms with E-state index in [9.17, 15) is 9.90 Å². The molecule has 4 rings (SSSR count). The summed E-state index contributed by atoms with van der Waals surface area (Å²) in [5.41, 5.74) is 0.0838. The number of piperidine rings is 1. The lowest BCUT2D eigenvalue weighted by Gasteiger charge is -2.43. The summed E-state index contributed by atoms with van der Waals surface area (Å²) in [6.07, 6.45) is 12.7. The van der Waals surface area contributed by atoms with Crippen LogP contribution < -0.4 is 0 Å². The molecule has 2 atom stereocenters. The Labute approximate surface area is 149 Å². The monoisotopic (exact) mass is 344 g/mol. The normalized spacial score (nSPS) is 33.3. The molecule has 0 amide bonds. The first-order valence-electron chi connectivity index (χ1n) is 9.72. The molecule has 0 aromatic carbocycles. The summed E-state index contributed by atoms with van der Waals surface area (Å²) in [4.78, 5) is 18.8. The summed E-state index contributed by atoms with van der Waals surface area (Å²) in [6, 6.07) is 4.34. The second-order valence-electron chi connectivity index (χ2n) is 7.99. The smallest absolute Gasteiger partial charge is 0.320 e. The van der Waals surface area contributed by atoms with E-state index >= 15 is 0 Å². The fraction of sp³-hybridized carbons (Fsp3) is 0.700. The molecule has 1 saturated carbocycles. The number of hydrogen-bond acceptors (Lipinski definition) is 5. The number of esters is 1. The Hall–Kier alpha value is -1.46. The lowest BCUT2D eigenvalue weighted by molar-refractivity contribution is -0.155. The van der Waals surface area contributed by atoms with E-state index in [2.05, 4.69) is 9.88 Å². The quantitative estimate of drug-likeness (QED) is 0.851. The zero-order chi connectivity index (χ0) is 17.3. The van der Waals surface area contributed by atoms with E-state index in [-0.39, 0.29) is 24.2 Å².